The number of hydrogen-bond acceptors (Lipinski definition) is 4. The summed E-state index contributed by atoms with van der Waals surface area (Å²) < 4.78 is 39.1. The number of carboxylic acid groups (broad SMARTS) is 1. The van der Waals surface area contributed by atoms with Crippen LogP contribution in [0.2, 0.25) is 0 Å². The van der Waals surface area contributed by atoms with Crippen molar-refractivity contribution >= 4 is 33.4 Å². The molecule has 2 aliphatic rings. The Hall–Kier alpha value is -2.36. The molecule has 0 atom stereocenters. The molecule has 1 saturated carbocycles. The molecule has 10 heteroatoms. The highest BCUT2D eigenvalue weighted by molar-refractivity contribution is 7.93. The average molecular weight is 399 g/mol. The second kappa shape index (κ2) is 7.71. The highest BCUT2D eigenvalue weighted by atomic mass is 32.2. The fourth-order valence-corrected chi connectivity index (χ4v) is 5.09. The molecule has 1 aliphatic heterocycles. The fraction of sp³-hybridized carbons (Fsp3) is 0.529. The smallest absolute Gasteiger partial charge is 0.319 e. The summed E-state index contributed by atoms with van der Waals surface area (Å²) in [5, 5.41) is 14.4. The minimum atomic E-state index is -3.53. The fourth-order valence-electron chi connectivity index (χ4n) is 3.53. The molecule has 0 unspecified atom stereocenters. The minimum absolute atomic E-state index is 0.0242. The van der Waals surface area contributed by atoms with Crippen LogP contribution in [0.1, 0.15) is 32.1 Å². The molecule has 0 spiro atoms. The number of nitrogens with one attached hydrogen (secondary N) is 2. The Morgan fingerprint density at radius 1 is 1.19 bits per heavy atom. The lowest BCUT2D eigenvalue weighted by atomic mass is 9.86. The number of carbonyl (C=O) groups is 2. The highest BCUT2D eigenvalue weighted by Gasteiger charge is 2.31. The van der Waals surface area contributed by atoms with Gasteiger partial charge in [0.25, 0.3) is 0 Å². The summed E-state index contributed by atoms with van der Waals surface area (Å²) in [6.45, 7) is 0.210. The Morgan fingerprint density at radius 3 is 2.48 bits per heavy atom. The number of carboxylic acids is 1. The first-order valence-electron chi connectivity index (χ1n) is 8.86. The van der Waals surface area contributed by atoms with Crippen LogP contribution in [0.25, 0.3) is 0 Å². The maximum Gasteiger partial charge on any atom is 0.319 e. The van der Waals surface area contributed by atoms with E-state index in [9.17, 15) is 22.4 Å². The van der Waals surface area contributed by atoms with Crippen molar-refractivity contribution in [2.24, 2.45) is 5.92 Å². The van der Waals surface area contributed by atoms with E-state index < -0.39 is 27.8 Å². The first-order chi connectivity index (χ1) is 12.8. The van der Waals surface area contributed by atoms with Crippen molar-refractivity contribution in [3.05, 3.63) is 24.0 Å². The van der Waals surface area contributed by atoms with Gasteiger partial charge in [0, 0.05) is 18.3 Å². The van der Waals surface area contributed by atoms with E-state index >= 15 is 0 Å². The number of hydrogen-bond donors (Lipinski definition) is 3. The second-order valence-corrected chi connectivity index (χ2v) is 8.91. The summed E-state index contributed by atoms with van der Waals surface area (Å²) in [5.41, 5.74) is 0.206. The quantitative estimate of drug-likeness (QED) is 0.717. The largest absolute Gasteiger partial charge is 0.481 e. The van der Waals surface area contributed by atoms with Crippen LogP contribution in [0.15, 0.2) is 18.2 Å². The Morgan fingerprint density at radius 2 is 1.89 bits per heavy atom. The summed E-state index contributed by atoms with van der Waals surface area (Å²) in [4.78, 5) is 23.1. The number of nitrogens with zero attached hydrogens (tertiary/aromatic N) is 1. The van der Waals surface area contributed by atoms with Gasteiger partial charge in [-0.3, -0.25) is 9.10 Å². The van der Waals surface area contributed by atoms with Crippen molar-refractivity contribution in [2.75, 3.05) is 21.9 Å². The van der Waals surface area contributed by atoms with Gasteiger partial charge in [-0.25, -0.2) is 17.6 Å². The van der Waals surface area contributed by atoms with Gasteiger partial charge < -0.3 is 15.7 Å². The summed E-state index contributed by atoms with van der Waals surface area (Å²) >= 11 is 0. The van der Waals surface area contributed by atoms with Crippen molar-refractivity contribution in [3.8, 4) is 0 Å². The molecular formula is C17H22FN3O5S. The molecule has 2 amide bonds. The van der Waals surface area contributed by atoms with Crippen LogP contribution in [0.5, 0.6) is 0 Å². The molecule has 0 aromatic heterocycles. The van der Waals surface area contributed by atoms with E-state index in [1.165, 1.54) is 12.1 Å². The van der Waals surface area contributed by atoms with E-state index in [-0.39, 0.29) is 35.6 Å². The van der Waals surface area contributed by atoms with Crippen LogP contribution in [-0.4, -0.2) is 43.9 Å². The van der Waals surface area contributed by atoms with Gasteiger partial charge in [-0.15, -0.1) is 0 Å². The number of carbonyl (C=O) groups excluding carboxylic acids is 1. The monoisotopic (exact) mass is 399 g/mol. The van der Waals surface area contributed by atoms with E-state index in [4.69, 9.17) is 5.11 Å². The molecule has 1 aromatic carbocycles. The van der Waals surface area contributed by atoms with Gasteiger partial charge in [-0.05, 0) is 50.3 Å². The normalized spacial score (nSPS) is 24.4. The van der Waals surface area contributed by atoms with Crippen molar-refractivity contribution in [1.82, 2.24) is 5.32 Å². The molecular weight excluding hydrogens is 377 g/mol. The third-order valence-electron chi connectivity index (χ3n) is 4.98. The molecule has 148 valence electrons. The predicted molar refractivity (Wildman–Crippen MR) is 97.7 cm³/mol. The molecule has 1 aliphatic carbocycles. The number of aliphatic carboxylic acids is 1. The summed E-state index contributed by atoms with van der Waals surface area (Å²) in [6.07, 6.45) is 2.59. The van der Waals surface area contributed by atoms with Crippen molar-refractivity contribution in [3.63, 3.8) is 0 Å². The topological polar surface area (TPSA) is 116 Å². The van der Waals surface area contributed by atoms with Gasteiger partial charge in [-0.2, -0.15) is 0 Å². The maximum atomic E-state index is 14.1. The third-order valence-corrected chi connectivity index (χ3v) is 6.84. The van der Waals surface area contributed by atoms with Crippen LogP contribution >= 0.6 is 0 Å². The van der Waals surface area contributed by atoms with Gasteiger partial charge in [0.2, 0.25) is 10.0 Å². The maximum absolute atomic E-state index is 14.1. The molecule has 1 saturated heterocycles. The van der Waals surface area contributed by atoms with E-state index in [2.05, 4.69) is 10.6 Å². The second-order valence-electron chi connectivity index (χ2n) is 6.89. The molecule has 1 heterocycles. The van der Waals surface area contributed by atoms with Gasteiger partial charge in [0.1, 0.15) is 5.82 Å². The van der Waals surface area contributed by atoms with Gasteiger partial charge in [0.05, 0.1) is 17.4 Å². The average Bonchev–Trinajstić information content (AvgIpc) is 2.96. The Kier molecular flexibility index (Phi) is 5.54. The van der Waals surface area contributed by atoms with Crippen LogP contribution in [0.4, 0.5) is 20.6 Å². The van der Waals surface area contributed by atoms with Gasteiger partial charge >= 0.3 is 12.0 Å². The molecule has 0 radical (unpaired) electrons. The number of amides is 2. The van der Waals surface area contributed by atoms with Crippen LogP contribution in [0, 0.1) is 11.7 Å². The van der Waals surface area contributed by atoms with Crippen molar-refractivity contribution in [1.29, 1.82) is 0 Å². The van der Waals surface area contributed by atoms with Crippen LogP contribution < -0.4 is 14.9 Å². The van der Waals surface area contributed by atoms with Gasteiger partial charge in [0.15, 0.2) is 0 Å². The molecule has 3 N–H and O–H groups in total. The molecule has 27 heavy (non-hydrogen) atoms. The summed E-state index contributed by atoms with van der Waals surface area (Å²) in [6, 6.07) is 3.17. The Bertz CT molecular complexity index is 837. The SMILES string of the molecule is O=C(Nc1ccc(F)c(N2CCCS2(=O)=O)c1)NC1CCC(C(=O)O)CC1. The summed E-state index contributed by atoms with van der Waals surface area (Å²) in [5.74, 6) is -1.87. The third kappa shape index (κ3) is 4.49. The van der Waals surface area contributed by atoms with Crippen molar-refractivity contribution in [2.45, 2.75) is 38.1 Å². The molecule has 8 nitrogen and oxygen atoms in total. The lowest BCUT2D eigenvalue weighted by molar-refractivity contribution is -0.142. The zero-order valence-corrected chi connectivity index (χ0v) is 15.5. The predicted octanol–water partition coefficient (Wildman–Crippen LogP) is 2.13. The summed E-state index contributed by atoms with van der Waals surface area (Å²) in [7, 11) is -3.53. The first kappa shape index (κ1) is 19.4. The number of urea groups is 1. The number of rotatable bonds is 4. The van der Waals surface area contributed by atoms with Crippen molar-refractivity contribution < 1.29 is 27.5 Å². The first-order valence-corrected chi connectivity index (χ1v) is 10.5. The highest BCUT2D eigenvalue weighted by Crippen LogP contribution is 2.29. The van der Waals surface area contributed by atoms with Gasteiger partial charge in [-0.1, -0.05) is 0 Å². The molecule has 3 rings (SSSR count). The standard InChI is InChI=1S/C17H22FN3O5S/c18-14-7-6-13(10-15(14)21-8-1-9-27(21,25)26)20-17(24)19-12-4-2-11(3-5-12)16(22)23/h6-7,10-12H,1-5,8-9H2,(H,22,23)(H2,19,20,24). The molecule has 2 fully saturated rings. The lowest BCUT2D eigenvalue weighted by Gasteiger charge is -2.27. The zero-order valence-electron chi connectivity index (χ0n) is 14.7. The van der Waals surface area contributed by atoms with Crippen LogP contribution in [-0.2, 0) is 14.8 Å². The lowest BCUT2D eigenvalue weighted by Crippen LogP contribution is -2.41. The molecule has 1 aromatic rings. The minimum Gasteiger partial charge on any atom is -0.481 e. The van der Waals surface area contributed by atoms with Crippen LogP contribution in [0.3, 0.4) is 0 Å². The number of sulfonamides is 1. The Labute approximate surface area is 156 Å². The van der Waals surface area contributed by atoms with E-state index in [0.717, 1.165) is 10.4 Å². The molecule has 0 bridgehead atoms. The number of benzene rings is 1. The van der Waals surface area contributed by atoms with E-state index in [1.54, 1.807) is 0 Å². The van der Waals surface area contributed by atoms with E-state index in [1.807, 2.05) is 0 Å². The Balaban J connectivity index is 1.62. The number of halogens is 1. The zero-order chi connectivity index (χ0) is 19.6. The van der Waals surface area contributed by atoms with E-state index in [0.29, 0.717) is 32.1 Å². The number of anilines is 2.